The molecule has 0 unspecified atom stereocenters. The van der Waals surface area contributed by atoms with Crippen molar-refractivity contribution >= 4 is 27.8 Å². The molecule has 118 valence electrons. The molecule has 0 saturated carbocycles. The Hall–Kier alpha value is -3.01. The third-order valence-electron chi connectivity index (χ3n) is 3.15. The van der Waals surface area contributed by atoms with Crippen LogP contribution in [0.5, 0.6) is 5.75 Å². The van der Waals surface area contributed by atoms with Crippen molar-refractivity contribution in [2.75, 3.05) is 12.8 Å². The van der Waals surface area contributed by atoms with Gasteiger partial charge in [-0.25, -0.2) is 0 Å². The Bertz CT molecular complexity index is 947. The summed E-state index contributed by atoms with van der Waals surface area (Å²) < 4.78 is 6.00. The summed E-state index contributed by atoms with van der Waals surface area (Å²) in [6, 6.07) is 7.38. The van der Waals surface area contributed by atoms with E-state index in [0.29, 0.717) is 11.4 Å². The minimum Gasteiger partial charge on any atom is -0.497 e. The van der Waals surface area contributed by atoms with E-state index in [1.807, 2.05) is 24.3 Å². The third kappa shape index (κ3) is 2.71. The van der Waals surface area contributed by atoms with E-state index in [9.17, 15) is 14.9 Å². The Balaban J connectivity index is 2.01. The molecule has 0 saturated heterocycles. The predicted molar refractivity (Wildman–Crippen MR) is 84.0 cm³/mol. The number of aromatic nitrogens is 3. The monoisotopic (exact) mass is 333 g/mol. The zero-order chi connectivity index (χ0) is 16.6. The second kappa shape index (κ2) is 5.65. The van der Waals surface area contributed by atoms with Crippen LogP contribution in [0.25, 0.3) is 4.96 Å². The molecule has 0 radical (unpaired) electrons. The SMILES string of the molecule is COc1ccc(Cc2nn3c(=O)c([N+](=O)[O-])c(N)nc3s2)cc1. The van der Waals surface area contributed by atoms with Crippen molar-refractivity contribution in [3.8, 4) is 5.75 Å². The Kier molecular flexibility index (Phi) is 3.66. The maximum atomic E-state index is 12.1. The summed E-state index contributed by atoms with van der Waals surface area (Å²) in [4.78, 5) is 26.2. The summed E-state index contributed by atoms with van der Waals surface area (Å²) in [7, 11) is 1.58. The highest BCUT2D eigenvalue weighted by Crippen LogP contribution is 2.21. The van der Waals surface area contributed by atoms with Crippen molar-refractivity contribution in [3.63, 3.8) is 0 Å². The van der Waals surface area contributed by atoms with Gasteiger partial charge in [0, 0.05) is 6.42 Å². The number of rotatable bonds is 4. The molecule has 3 aromatic rings. The van der Waals surface area contributed by atoms with Crippen molar-refractivity contribution in [3.05, 3.63) is 55.3 Å². The molecule has 3 rings (SSSR count). The van der Waals surface area contributed by atoms with E-state index in [1.54, 1.807) is 7.11 Å². The third-order valence-corrected chi connectivity index (χ3v) is 4.06. The maximum absolute atomic E-state index is 12.1. The summed E-state index contributed by atoms with van der Waals surface area (Å²) in [6.07, 6.45) is 0.463. The molecule has 0 aliphatic rings. The number of ether oxygens (including phenoxy) is 1. The summed E-state index contributed by atoms with van der Waals surface area (Å²) >= 11 is 1.16. The summed E-state index contributed by atoms with van der Waals surface area (Å²) in [5.41, 5.74) is 4.80. The van der Waals surface area contributed by atoms with Crippen molar-refractivity contribution in [2.45, 2.75) is 6.42 Å². The first-order valence-electron chi connectivity index (χ1n) is 6.45. The number of nitrogens with two attached hydrogens (primary N) is 1. The lowest BCUT2D eigenvalue weighted by atomic mass is 10.1. The molecule has 10 heteroatoms. The number of nitrogen functional groups attached to an aromatic ring is 1. The fourth-order valence-electron chi connectivity index (χ4n) is 2.05. The fourth-order valence-corrected chi connectivity index (χ4v) is 2.98. The Morgan fingerprint density at radius 2 is 2.09 bits per heavy atom. The highest BCUT2D eigenvalue weighted by atomic mass is 32.1. The van der Waals surface area contributed by atoms with Gasteiger partial charge in [-0.1, -0.05) is 23.5 Å². The smallest absolute Gasteiger partial charge is 0.377 e. The van der Waals surface area contributed by atoms with Crippen molar-refractivity contribution in [1.82, 2.24) is 14.6 Å². The number of methoxy groups -OCH3 is 1. The van der Waals surface area contributed by atoms with Crippen molar-refractivity contribution in [1.29, 1.82) is 0 Å². The lowest BCUT2D eigenvalue weighted by molar-refractivity contribution is -0.385. The largest absolute Gasteiger partial charge is 0.497 e. The minimum atomic E-state index is -0.880. The van der Waals surface area contributed by atoms with Crippen LogP contribution in [0.4, 0.5) is 11.5 Å². The summed E-state index contributed by atoms with van der Waals surface area (Å²) in [5.74, 6) is 0.332. The first kappa shape index (κ1) is 14.9. The summed E-state index contributed by atoms with van der Waals surface area (Å²) in [6.45, 7) is 0. The molecule has 2 aromatic heterocycles. The molecule has 0 bridgehead atoms. The molecule has 9 nitrogen and oxygen atoms in total. The van der Waals surface area contributed by atoms with Crippen LogP contribution in [0, 0.1) is 10.1 Å². The van der Waals surface area contributed by atoms with Crippen molar-refractivity contribution < 1.29 is 9.66 Å². The van der Waals surface area contributed by atoms with Crippen molar-refractivity contribution in [2.24, 2.45) is 0 Å². The van der Waals surface area contributed by atoms with Gasteiger partial charge in [-0.05, 0) is 17.7 Å². The lowest BCUT2D eigenvalue weighted by Gasteiger charge is -2.00. The first-order valence-corrected chi connectivity index (χ1v) is 7.27. The van der Waals surface area contributed by atoms with Gasteiger partial charge < -0.3 is 10.5 Å². The molecule has 0 fully saturated rings. The van der Waals surface area contributed by atoms with Gasteiger partial charge >= 0.3 is 11.2 Å². The Morgan fingerprint density at radius 1 is 1.39 bits per heavy atom. The van der Waals surface area contributed by atoms with Gasteiger partial charge in [-0.2, -0.15) is 14.6 Å². The van der Waals surface area contributed by atoms with E-state index in [-0.39, 0.29) is 4.96 Å². The van der Waals surface area contributed by atoms with E-state index in [1.165, 1.54) is 0 Å². The molecule has 23 heavy (non-hydrogen) atoms. The van der Waals surface area contributed by atoms with Crippen LogP contribution in [-0.4, -0.2) is 26.6 Å². The topological polar surface area (TPSA) is 126 Å². The number of fused-ring (bicyclic) bond motifs is 1. The number of hydrogen-bond acceptors (Lipinski definition) is 8. The molecule has 0 aliphatic heterocycles. The zero-order valence-electron chi connectivity index (χ0n) is 11.9. The van der Waals surface area contributed by atoms with E-state index >= 15 is 0 Å². The second-order valence-corrected chi connectivity index (χ2v) is 5.66. The second-order valence-electron chi connectivity index (χ2n) is 4.62. The molecule has 0 spiro atoms. The summed E-state index contributed by atoms with van der Waals surface area (Å²) in [5, 5.41) is 15.6. The van der Waals surface area contributed by atoms with Crippen LogP contribution < -0.4 is 16.0 Å². The van der Waals surface area contributed by atoms with E-state index < -0.39 is 22.0 Å². The van der Waals surface area contributed by atoms with Crippen LogP contribution in [0.15, 0.2) is 29.1 Å². The standard InChI is InChI=1S/C13H11N5O4S/c1-22-8-4-2-7(3-5-8)6-9-16-17-12(19)10(18(20)21)11(14)15-13(17)23-9/h2-5H,6,14H2,1H3. The Labute approximate surface area is 133 Å². The van der Waals surface area contributed by atoms with Gasteiger partial charge in [0.25, 0.3) is 0 Å². The average molecular weight is 333 g/mol. The maximum Gasteiger partial charge on any atom is 0.377 e. The normalized spacial score (nSPS) is 10.8. The van der Waals surface area contributed by atoms with Gasteiger partial charge in [-0.15, -0.1) is 0 Å². The van der Waals surface area contributed by atoms with Crippen LogP contribution >= 0.6 is 11.3 Å². The quantitative estimate of drug-likeness (QED) is 0.562. The average Bonchev–Trinajstić information content (AvgIpc) is 2.90. The highest BCUT2D eigenvalue weighted by molar-refractivity contribution is 7.16. The van der Waals surface area contributed by atoms with Crippen LogP contribution in [0.2, 0.25) is 0 Å². The Morgan fingerprint density at radius 3 is 2.70 bits per heavy atom. The molecule has 2 N–H and O–H groups in total. The van der Waals surface area contributed by atoms with E-state index in [4.69, 9.17) is 10.5 Å². The predicted octanol–water partition coefficient (Wildman–Crippen LogP) is 1.24. The molecule has 0 atom stereocenters. The number of nitrogens with zero attached hydrogens (tertiary/aromatic N) is 4. The molecular weight excluding hydrogens is 322 g/mol. The molecule has 1 aromatic carbocycles. The molecule has 0 amide bonds. The highest BCUT2D eigenvalue weighted by Gasteiger charge is 2.23. The van der Waals surface area contributed by atoms with Gasteiger partial charge in [0.05, 0.1) is 12.0 Å². The van der Waals surface area contributed by atoms with E-state index in [2.05, 4.69) is 10.1 Å². The van der Waals surface area contributed by atoms with Crippen LogP contribution in [0.1, 0.15) is 10.6 Å². The first-order chi connectivity index (χ1) is 11.0. The number of nitro groups is 1. The number of hydrogen-bond donors (Lipinski definition) is 1. The van der Waals surface area contributed by atoms with Gasteiger partial charge in [0.2, 0.25) is 10.8 Å². The minimum absolute atomic E-state index is 0.224. The van der Waals surface area contributed by atoms with Gasteiger partial charge in [0.15, 0.2) is 0 Å². The molecule has 2 heterocycles. The fraction of sp³-hybridized carbons (Fsp3) is 0.154. The number of benzene rings is 1. The van der Waals surface area contributed by atoms with Crippen LogP contribution in [0.3, 0.4) is 0 Å². The van der Waals surface area contributed by atoms with E-state index in [0.717, 1.165) is 27.2 Å². The lowest BCUT2D eigenvalue weighted by Crippen LogP contribution is -2.20. The molecular formula is C13H11N5O4S. The number of anilines is 1. The zero-order valence-corrected chi connectivity index (χ0v) is 12.7. The van der Waals surface area contributed by atoms with Gasteiger partial charge in [-0.3, -0.25) is 14.9 Å². The van der Waals surface area contributed by atoms with Crippen LogP contribution in [-0.2, 0) is 6.42 Å². The van der Waals surface area contributed by atoms with Gasteiger partial charge in [0.1, 0.15) is 10.8 Å². The molecule has 0 aliphatic carbocycles.